The molecule has 0 aliphatic rings. The minimum atomic E-state index is -0.643. The summed E-state index contributed by atoms with van der Waals surface area (Å²) in [7, 11) is 0. The van der Waals surface area contributed by atoms with Crippen molar-refractivity contribution >= 4 is 11.5 Å². The molecule has 2 aromatic carbocycles. The van der Waals surface area contributed by atoms with E-state index in [-0.39, 0.29) is 17.0 Å². The average molecular weight is 243 g/mol. The zero-order chi connectivity index (χ0) is 13.1. The van der Waals surface area contributed by atoms with E-state index in [0.717, 1.165) is 12.1 Å². The van der Waals surface area contributed by atoms with Gasteiger partial charge in [0.25, 0.3) is 5.69 Å². The Hall–Kier alpha value is -2.69. The quantitative estimate of drug-likeness (QED) is 0.510. The summed E-state index contributed by atoms with van der Waals surface area (Å²) in [4.78, 5) is 22.3. The predicted octanol–water partition coefficient (Wildman–Crippen LogP) is 2.53. The van der Waals surface area contributed by atoms with Gasteiger partial charge >= 0.3 is 0 Å². The number of phenols is 1. The normalized spacial score (nSPS) is 10.0. The molecule has 5 heteroatoms. The van der Waals surface area contributed by atoms with E-state index in [1.54, 1.807) is 30.3 Å². The van der Waals surface area contributed by atoms with Crippen LogP contribution in [-0.4, -0.2) is 15.8 Å². The third-order valence-corrected chi connectivity index (χ3v) is 2.46. The van der Waals surface area contributed by atoms with Gasteiger partial charge in [0.15, 0.2) is 5.78 Å². The Labute approximate surface area is 102 Å². The van der Waals surface area contributed by atoms with E-state index in [9.17, 15) is 20.0 Å². The Kier molecular flexibility index (Phi) is 3.05. The number of phenolic OH excluding ortho intramolecular Hbond substituents is 1. The number of aromatic hydroxyl groups is 1. The van der Waals surface area contributed by atoms with Crippen molar-refractivity contribution in [1.82, 2.24) is 0 Å². The molecule has 0 spiro atoms. The van der Waals surface area contributed by atoms with Gasteiger partial charge < -0.3 is 5.11 Å². The topological polar surface area (TPSA) is 80.4 Å². The van der Waals surface area contributed by atoms with Crippen LogP contribution in [0.2, 0.25) is 0 Å². The van der Waals surface area contributed by atoms with Crippen molar-refractivity contribution in [2.45, 2.75) is 0 Å². The number of rotatable bonds is 3. The number of carbonyl (C=O) groups excluding carboxylic acids is 1. The lowest BCUT2D eigenvalue weighted by atomic mass is 10.0. The van der Waals surface area contributed by atoms with E-state index >= 15 is 0 Å². The second-order valence-corrected chi connectivity index (χ2v) is 3.65. The maximum atomic E-state index is 12.1. The number of nitro benzene ring substituents is 1. The first-order valence-electron chi connectivity index (χ1n) is 5.17. The van der Waals surface area contributed by atoms with Crippen LogP contribution < -0.4 is 0 Å². The van der Waals surface area contributed by atoms with Crippen LogP contribution in [0, 0.1) is 10.1 Å². The number of hydrogen-bond acceptors (Lipinski definition) is 4. The van der Waals surface area contributed by atoms with Gasteiger partial charge in [0.2, 0.25) is 0 Å². The van der Waals surface area contributed by atoms with Crippen LogP contribution in [0.15, 0.2) is 48.5 Å². The molecule has 0 aromatic heterocycles. The molecular formula is C13H9NO4. The number of nitrogens with zero attached hydrogens (tertiary/aromatic N) is 1. The maximum Gasteiger partial charge on any atom is 0.280 e. The standard InChI is InChI=1S/C13H9NO4/c15-10-6-7-12(14(17)18)11(8-10)13(16)9-4-2-1-3-5-9/h1-8,15H. The van der Waals surface area contributed by atoms with Gasteiger partial charge in [0, 0.05) is 11.6 Å². The fraction of sp³-hybridized carbons (Fsp3) is 0. The first-order chi connectivity index (χ1) is 8.59. The van der Waals surface area contributed by atoms with E-state index in [2.05, 4.69) is 0 Å². The van der Waals surface area contributed by atoms with Gasteiger partial charge in [-0.2, -0.15) is 0 Å². The summed E-state index contributed by atoms with van der Waals surface area (Å²) in [5.41, 5.74) is -0.0981. The minimum Gasteiger partial charge on any atom is -0.508 e. The molecule has 90 valence electrons. The first kappa shape index (κ1) is 11.8. The fourth-order valence-corrected chi connectivity index (χ4v) is 1.61. The van der Waals surface area contributed by atoms with Crippen LogP contribution >= 0.6 is 0 Å². The molecule has 0 aliphatic carbocycles. The number of nitro groups is 1. The molecule has 0 heterocycles. The highest BCUT2D eigenvalue weighted by Gasteiger charge is 2.21. The lowest BCUT2D eigenvalue weighted by Crippen LogP contribution is -2.05. The summed E-state index contributed by atoms with van der Waals surface area (Å²) in [6, 6.07) is 11.6. The molecular weight excluding hydrogens is 234 g/mol. The monoisotopic (exact) mass is 243 g/mol. The summed E-state index contributed by atoms with van der Waals surface area (Å²) >= 11 is 0. The highest BCUT2D eigenvalue weighted by Crippen LogP contribution is 2.25. The summed E-state index contributed by atoms with van der Waals surface area (Å²) in [6.45, 7) is 0. The number of ketones is 1. The van der Waals surface area contributed by atoms with Crippen molar-refractivity contribution in [3.8, 4) is 5.75 Å². The third-order valence-electron chi connectivity index (χ3n) is 2.46. The molecule has 0 saturated carbocycles. The van der Waals surface area contributed by atoms with Gasteiger partial charge in [-0.1, -0.05) is 30.3 Å². The van der Waals surface area contributed by atoms with Gasteiger partial charge in [0.05, 0.1) is 4.92 Å². The second-order valence-electron chi connectivity index (χ2n) is 3.65. The van der Waals surface area contributed by atoms with Crippen LogP contribution in [0.3, 0.4) is 0 Å². The molecule has 2 rings (SSSR count). The Bertz CT molecular complexity index is 608. The zero-order valence-corrected chi connectivity index (χ0v) is 9.24. The first-order valence-corrected chi connectivity index (χ1v) is 5.17. The van der Waals surface area contributed by atoms with Crippen molar-refractivity contribution in [2.75, 3.05) is 0 Å². The molecule has 5 nitrogen and oxygen atoms in total. The number of carbonyl (C=O) groups is 1. The fourth-order valence-electron chi connectivity index (χ4n) is 1.61. The highest BCUT2D eigenvalue weighted by atomic mass is 16.6. The van der Waals surface area contributed by atoms with Crippen LogP contribution in [0.25, 0.3) is 0 Å². The molecule has 0 atom stereocenters. The van der Waals surface area contributed by atoms with Crippen molar-refractivity contribution in [3.63, 3.8) is 0 Å². The van der Waals surface area contributed by atoms with Gasteiger partial charge in [0.1, 0.15) is 11.3 Å². The molecule has 0 saturated heterocycles. The van der Waals surface area contributed by atoms with E-state index in [0.29, 0.717) is 5.56 Å². The molecule has 2 aromatic rings. The van der Waals surface area contributed by atoms with E-state index < -0.39 is 10.7 Å². The Morgan fingerprint density at radius 1 is 1.11 bits per heavy atom. The zero-order valence-electron chi connectivity index (χ0n) is 9.24. The van der Waals surface area contributed by atoms with Crippen molar-refractivity contribution in [3.05, 3.63) is 69.8 Å². The molecule has 0 amide bonds. The smallest absolute Gasteiger partial charge is 0.280 e. The van der Waals surface area contributed by atoms with Gasteiger partial charge in [-0.25, -0.2) is 0 Å². The highest BCUT2D eigenvalue weighted by molar-refractivity contribution is 6.11. The Morgan fingerprint density at radius 3 is 2.39 bits per heavy atom. The van der Waals surface area contributed by atoms with Gasteiger partial charge in [-0.05, 0) is 12.1 Å². The minimum absolute atomic E-state index is 0.119. The van der Waals surface area contributed by atoms with E-state index in [1.807, 2.05) is 0 Å². The van der Waals surface area contributed by atoms with Crippen LogP contribution in [-0.2, 0) is 0 Å². The van der Waals surface area contributed by atoms with Gasteiger partial charge in [-0.3, -0.25) is 14.9 Å². The second kappa shape index (κ2) is 4.67. The summed E-state index contributed by atoms with van der Waals surface area (Å²) in [5.74, 6) is -0.668. The predicted molar refractivity (Wildman–Crippen MR) is 64.6 cm³/mol. The molecule has 0 aliphatic heterocycles. The molecule has 1 N–H and O–H groups in total. The molecule has 0 bridgehead atoms. The SMILES string of the molecule is O=C(c1ccccc1)c1cc(O)ccc1[N+](=O)[O-]. The van der Waals surface area contributed by atoms with Crippen molar-refractivity contribution in [2.24, 2.45) is 0 Å². The van der Waals surface area contributed by atoms with Gasteiger partial charge in [-0.15, -0.1) is 0 Å². The van der Waals surface area contributed by atoms with Crippen molar-refractivity contribution < 1.29 is 14.8 Å². The maximum absolute atomic E-state index is 12.1. The largest absolute Gasteiger partial charge is 0.508 e. The average Bonchev–Trinajstić information content (AvgIpc) is 2.38. The molecule has 18 heavy (non-hydrogen) atoms. The number of hydrogen-bond donors (Lipinski definition) is 1. The Morgan fingerprint density at radius 2 is 1.78 bits per heavy atom. The van der Waals surface area contributed by atoms with E-state index in [4.69, 9.17) is 0 Å². The van der Waals surface area contributed by atoms with E-state index in [1.165, 1.54) is 6.07 Å². The van der Waals surface area contributed by atoms with Crippen LogP contribution in [0.5, 0.6) is 5.75 Å². The Balaban J connectivity index is 2.54. The summed E-state index contributed by atoms with van der Waals surface area (Å²) in [5, 5.41) is 20.2. The van der Waals surface area contributed by atoms with Crippen molar-refractivity contribution in [1.29, 1.82) is 0 Å². The summed E-state index contributed by atoms with van der Waals surface area (Å²) < 4.78 is 0. The lowest BCUT2D eigenvalue weighted by Gasteiger charge is -2.03. The van der Waals surface area contributed by atoms with Crippen LogP contribution in [0.4, 0.5) is 5.69 Å². The van der Waals surface area contributed by atoms with Crippen LogP contribution in [0.1, 0.15) is 15.9 Å². The lowest BCUT2D eigenvalue weighted by molar-refractivity contribution is -0.385. The summed E-state index contributed by atoms with van der Waals surface area (Å²) in [6.07, 6.45) is 0. The molecule has 0 unspecified atom stereocenters. The number of benzene rings is 2. The third kappa shape index (κ3) is 2.20. The molecule has 0 radical (unpaired) electrons. The molecule has 0 fully saturated rings.